The first kappa shape index (κ1) is 21.1. The van der Waals surface area contributed by atoms with E-state index in [4.69, 9.17) is 9.47 Å². The van der Waals surface area contributed by atoms with Gasteiger partial charge in [0.2, 0.25) is 11.5 Å². The zero-order valence-electron chi connectivity index (χ0n) is 16.0. The lowest BCUT2D eigenvalue weighted by Gasteiger charge is -2.12. The molecule has 10 heteroatoms. The van der Waals surface area contributed by atoms with Gasteiger partial charge in [-0.25, -0.2) is 0 Å². The molecule has 30 heavy (non-hydrogen) atoms. The molecule has 1 aliphatic rings. The summed E-state index contributed by atoms with van der Waals surface area (Å²) in [7, 11) is 1.22. The molecule has 0 atom stereocenters. The summed E-state index contributed by atoms with van der Waals surface area (Å²) in [5.74, 6) is -1.70. The lowest BCUT2D eigenvalue weighted by molar-refractivity contribution is -0.386. The molecule has 0 unspecified atom stereocenters. The van der Waals surface area contributed by atoms with Crippen LogP contribution in [0.25, 0.3) is 6.08 Å². The van der Waals surface area contributed by atoms with Gasteiger partial charge in [-0.1, -0.05) is 30.3 Å². The Morgan fingerprint density at radius 2 is 1.90 bits per heavy atom. The van der Waals surface area contributed by atoms with Crippen molar-refractivity contribution in [3.8, 4) is 11.5 Å². The number of nitro benzene ring substituents is 1. The Morgan fingerprint density at radius 3 is 2.50 bits per heavy atom. The van der Waals surface area contributed by atoms with Crippen LogP contribution in [-0.4, -0.2) is 34.0 Å². The van der Waals surface area contributed by atoms with Gasteiger partial charge in [0.05, 0.1) is 23.5 Å². The average molecular weight is 428 g/mol. The van der Waals surface area contributed by atoms with Crippen molar-refractivity contribution in [2.24, 2.45) is 0 Å². The summed E-state index contributed by atoms with van der Waals surface area (Å²) in [6, 6.07) is 11.7. The molecule has 0 aliphatic carbocycles. The Hall–Kier alpha value is -3.66. The van der Waals surface area contributed by atoms with Crippen molar-refractivity contribution in [2.45, 2.75) is 13.5 Å². The smallest absolute Gasteiger partial charge is 0.353 e. The second kappa shape index (κ2) is 8.78. The van der Waals surface area contributed by atoms with E-state index < -0.39 is 27.7 Å². The Bertz CT molecular complexity index is 1070. The second-order valence-electron chi connectivity index (χ2n) is 6.14. The largest absolute Gasteiger partial charge is 0.490 e. The predicted molar refractivity (Wildman–Crippen MR) is 109 cm³/mol. The van der Waals surface area contributed by atoms with Crippen LogP contribution in [0.15, 0.2) is 47.4 Å². The van der Waals surface area contributed by atoms with Crippen LogP contribution in [0.3, 0.4) is 0 Å². The average Bonchev–Trinajstić information content (AvgIpc) is 2.96. The third-order valence-corrected chi connectivity index (χ3v) is 5.02. The summed E-state index contributed by atoms with van der Waals surface area (Å²) in [4.78, 5) is 48.3. The molecule has 0 bridgehead atoms. The van der Waals surface area contributed by atoms with E-state index in [1.807, 2.05) is 6.07 Å². The van der Waals surface area contributed by atoms with Crippen LogP contribution in [-0.2, 0) is 16.1 Å². The van der Waals surface area contributed by atoms with Gasteiger partial charge in [-0.15, -0.1) is 0 Å². The van der Waals surface area contributed by atoms with Crippen LogP contribution in [0.1, 0.15) is 18.1 Å². The van der Waals surface area contributed by atoms with E-state index in [-0.39, 0.29) is 28.5 Å². The van der Waals surface area contributed by atoms with Gasteiger partial charge in [0.15, 0.2) is 0 Å². The number of benzene rings is 2. The van der Waals surface area contributed by atoms with Crippen LogP contribution in [0.2, 0.25) is 0 Å². The van der Waals surface area contributed by atoms with E-state index in [0.717, 1.165) is 29.1 Å². The second-order valence-corrected chi connectivity index (χ2v) is 7.13. The number of carbonyl (C=O) groups is 3. The number of thioether (sulfide) groups is 1. The summed E-state index contributed by atoms with van der Waals surface area (Å²) < 4.78 is 10.0. The standard InChI is InChI=1S/C20H16N2O7S/c1-12(23)29-15-9-8-14(18(28-2)17(15)22(26)27)10-16-19(24)21(20(25)30-16)11-13-6-4-3-5-7-13/h3-10H,11H2,1-2H3/b16-10-. The summed E-state index contributed by atoms with van der Waals surface area (Å²) in [5, 5.41) is 11.1. The highest BCUT2D eigenvalue weighted by Crippen LogP contribution is 2.42. The fourth-order valence-corrected chi connectivity index (χ4v) is 3.68. The predicted octanol–water partition coefficient (Wildman–Crippen LogP) is 3.77. The van der Waals surface area contributed by atoms with Gasteiger partial charge in [0.25, 0.3) is 11.1 Å². The monoisotopic (exact) mass is 428 g/mol. The molecule has 2 amide bonds. The summed E-state index contributed by atoms with van der Waals surface area (Å²) in [6.45, 7) is 1.23. The molecule has 154 valence electrons. The molecule has 1 aliphatic heterocycles. The molecule has 0 N–H and O–H groups in total. The molecule has 2 aromatic carbocycles. The molecule has 1 saturated heterocycles. The zero-order chi connectivity index (χ0) is 21.8. The van der Waals surface area contributed by atoms with Crippen molar-refractivity contribution in [1.29, 1.82) is 0 Å². The van der Waals surface area contributed by atoms with Gasteiger partial charge in [0, 0.05) is 12.5 Å². The molecule has 0 saturated carbocycles. The van der Waals surface area contributed by atoms with Crippen LogP contribution in [0.5, 0.6) is 11.5 Å². The van der Waals surface area contributed by atoms with Crippen molar-refractivity contribution in [1.82, 2.24) is 4.90 Å². The van der Waals surface area contributed by atoms with Crippen molar-refractivity contribution in [2.75, 3.05) is 7.11 Å². The Balaban J connectivity index is 1.97. The molecule has 2 aromatic rings. The number of hydrogen-bond donors (Lipinski definition) is 0. The first-order valence-electron chi connectivity index (χ1n) is 8.65. The maximum absolute atomic E-state index is 12.7. The number of rotatable bonds is 6. The van der Waals surface area contributed by atoms with Gasteiger partial charge in [-0.3, -0.25) is 29.4 Å². The Kier molecular flexibility index (Phi) is 6.17. The topological polar surface area (TPSA) is 116 Å². The van der Waals surface area contributed by atoms with Gasteiger partial charge < -0.3 is 9.47 Å². The van der Waals surface area contributed by atoms with E-state index in [0.29, 0.717) is 0 Å². The van der Waals surface area contributed by atoms with Crippen molar-refractivity contribution >= 4 is 40.6 Å². The highest BCUT2D eigenvalue weighted by molar-refractivity contribution is 8.18. The number of amides is 2. The minimum Gasteiger partial charge on any atom is -0.490 e. The van der Waals surface area contributed by atoms with Crippen molar-refractivity contribution in [3.05, 3.63) is 68.6 Å². The first-order chi connectivity index (χ1) is 14.3. The highest BCUT2D eigenvalue weighted by atomic mass is 32.2. The van der Waals surface area contributed by atoms with Gasteiger partial charge in [-0.05, 0) is 35.5 Å². The number of nitro groups is 1. The van der Waals surface area contributed by atoms with E-state index >= 15 is 0 Å². The first-order valence-corrected chi connectivity index (χ1v) is 9.46. The van der Waals surface area contributed by atoms with Crippen LogP contribution in [0, 0.1) is 10.1 Å². The van der Waals surface area contributed by atoms with E-state index in [1.54, 1.807) is 24.3 Å². The fraction of sp³-hybridized carbons (Fsp3) is 0.150. The molecular formula is C20H16N2O7S. The molecular weight excluding hydrogens is 412 g/mol. The maximum atomic E-state index is 12.7. The molecule has 3 rings (SSSR count). The Morgan fingerprint density at radius 1 is 1.20 bits per heavy atom. The normalized spacial score (nSPS) is 14.9. The molecule has 0 spiro atoms. The van der Waals surface area contributed by atoms with Crippen LogP contribution < -0.4 is 9.47 Å². The lowest BCUT2D eigenvalue weighted by Crippen LogP contribution is -2.27. The number of hydrogen-bond acceptors (Lipinski definition) is 8. The third kappa shape index (κ3) is 4.33. The van der Waals surface area contributed by atoms with Gasteiger partial charge >= 0.3 is 11.7 Å². The number of nitrogens with zero attached hydrogens (tertiary/aromatic N) is 2. The molecule has 1 fully saturated rings. The number of imide groups is 1. The number of carbonyl (C=O) groups excluding carboxylic acids is 3. The summed E-state index contributed by atoms with van der Waals surface area (Å²) in [5.41, 5.74) is 0.440. The molecule has 0 radical (unpaired) electrons. The van der Waals surface area contributed by atoms with Crippen LogP contribution >= 0.6 is 11.8 Å². The zero-order valence-corrected chi connectivity index (χ0v) is 16.8. The van der Waals surface area contributed by atoms with E-state index in [2.05, 4.69) is 0 Å². The van der Waals surface area contributed by atoms with Crippen molar-refractivity contribution in [3.63, 3.8) is 0 Å². The maximum Gasteiger partial charge on any atom is 0.353 e. The fourth-order valence-electron chi connectivity index (χ4n) is 2.85. The minimum absolute atomic E-state index is 0.101. The third-order valence-electron chi connectivity index (χ3n) is 4.11. The molecule has 9 nitrogen and oxygen atoms in total. The van der Waals surface area contributed by atoms with Gasteiger partial charge in [-0.2, -0.15) is 0 Å². The summed E-state index contributed by atoms with van der Waals surface area (Å²) in [6.07, 6.45) is 1.35. The molecule has 0 aromatic heterocycles. The number of esters is 1. The van der Waals surface area contributed by atoms with Crippen LogP contribution in [0.4, 0.5) is 10.5 Å². The Labute approximate surface area is 175 Å². The van der Waals surface area contributed by atoms with E-state index in [9.17, 15) is 24.5 Å². The van der Waals surface area contributed by atoms with Gasteiger partial charge in [0.1, 0.15) is 0 Å². The number of methoxy groups -OCH3 is 1. The minimum atomic E-state index is -0.740. The SMILES string of the molecule is COc1c(/C=C2\SC(=O)N(Cc3ccccc3)C2=O)ccc(OC(C)=O)c1[N+](=O)[O-]. The molecule has 1 heterocycles. The number of ether oxygens (including phenoxy) is 2. The lowest BCUT2D eigenvalue weighted by atomic mass is 10.1. The highest BCUT2D eigenvalue weighted by Gasteiger charge is 2.36. The van der Waals surface area contributed by atoms with Crippen molar-refractivity contribution < 1.29 is 28.8 Å². The summed E-state index contributed by atoms with van der Waals surface area (Å²) >= 11 is 0.732. The quantitative estimate of drug-likeness (QED) is 0.224. The van der Waals surface area contributed by atoms with E-state index in [1.165, 1.54) is 25.3 Å².